The second kappa shape index (κ2) is 10.6. The van der Waals surface area contributed by atoms with Crippen LogP contribution in [-0.4, -0.2) is 41.6 Å². The highest BCUT2D eigenvalue weighted by Crippen LogP contribution is 2.45. The van der Waals surface area contributed by atoms with Crippen LogP contribution in [0.25, 0.3) is 17.0 Å². The van der Waals surface area contributed by atoms with Crippen molar-refractivity contribution in [3.63, 3.8) is 0 Å². The van der Waals surface area contributed by atoms with Gasteiger partial charge in [-0.15, -0.1) is 0 Å². The quantitative estimate of drug-likeness (QED) is 0.246. The van der Waals surface area contributed by atoms with Crippen LogP contribution < -0.4 is 5.32 Å². The molecular weight excluding hydrogens is 498 g/mol. The summed E-state index contributed by atoms with van der Waals surface area (Å²) in [5.41, 5.74) is 6.26. The first kappa shape index (κ1) is 27.2. The maximum Gasteiger partial charge on any atom is 0.256 e. The predicted molar refractivity (Wildman–Crippen MR) is 165 cm³/mol. The molecule has 1 atom stereocenters. The number of amides is 1. The van der Waals surface area contributed by atoms with Gasteiger partial charge in [0.2, 0.25) is 0 Å². The lowest BCUT2D eigenvalue weighted by Gasteiger charge is -2.44. The number of para-hydroxylation sites is 2. The summed E-state index contributed by atoms with van der Waals surface area (Å²) >= 11 is 0. The highest BCUT2D eigenvalue weighted by atomic mass is 28.3. The number of carbonyl (C=O) groups excluding carboxylic acids is 2. The van der Waals surface area contributed by atoms with Crippen LogP contribution in [0.15, 0.2) is 72.6 Å². The third-order valence-electron chi connectivity index (χ3n) is 8.97. The van der Waals surface area contributed by atoms with Crippen molar-refractivity contribution in [2.24, 2.45) is 0 Å². The summed E-state index contributed by atoms with van der Waals surface area (Å²) in [6.45, 7) is 15.0. The van der Waals surface area contributed by atoms with Gasteiger partial charge in [-0.25, -0.2) is 0 Å². The molecule has 5 rings (SSSR count). The molecule has 39 heavy (non-hydrogen) atoms. The van der Waals surface area contributed by atoms with Crippen molar-refractivity contribution >= 4 is 42.6 Å². The van der Waals surface area contributed by atoms with E-state index in [2.05, 4.69) is 81.6 Å². The van der Waals surface area contributed by atoms with Crippen LogP contribution in [0.2, 0.25) is 16.6 Å². The van der Waals surface area contributed by atoms with Crippen molar-refractivity contribution in [3.05, 3.63) is 83.7 Å². The van der Waals surface area contributed by atoms with Gasteiger partial charge in [-0.1, -0.05) is 71.9 Å². The van der Waals surface area contributed by atoms with E-state index >= 15 is 0 Å². The minimum Gasteiger partial charge on any atom is -0.373 e. The fraction of sp³-hybridized carbons (Fsp3) is 0.394. The molecule has 0 unspecified atom stereocenters. The Balaban J connectivity index is 1.52. The first-order chi connectivity index (χ1) is 18.7. The lowest BCUT2D eigenvalue weighted by Crippen LogP contribution is -2.51. The molecule has 1 amide bonds. The summed E-state index contributed by atoms with van der Waals surface area (Å²) in [5, 5.41) is 4.61. The van der Waals surface area contributed by atoms with Gasteiger partial charge < -0.3 is 14.4 Å². The number of rotatable bonds is 7. The second-order valence-electron chi connectivity index (χ2n) is 12.0. The van der Waals surface area contributed by atoms with E-state index < -0.39 is 8.24 Å². The lowest BCUT2D eigenvalue weighted by molar-refractivity contribution is -0.110. The first-order valence-corrected chi connectivity index (χ1v) is 16.5. The Kier molecular flexibility index (Phi) is 7.42. The highest BCUT2D eigenvalue weighted by Gasteiger charge is 2.46. The lowest BCUT2D eigenvalue weighted by atomic mass is 10.1. The van der Waals surface area contributed by atoms with Crippen LogP contribution in [0.4, 0.5) is 5.69 Å². The van der Waals surface area contributed by atoms with Crippen molar-refractivity contribution in [1.82, 2.24) is 9.13 Å². The number of hydrogen-bond acceptors (Lipinski definition) is 3. The molecule has 2 aliphatic heterocycles. The molecule has 0 bridgehead atoms. The Morgan fingerprint density at radius 2 is 1.64 bits per heavy atom. The number of nitrogens with one attached hydrogen (secondary N) is 1. The van der Waals surface area contributed by atoms with Gasteiger partial charge in [0.15, 0.2) is 14.0 Å². The number of carbonyl (C=O) groups is 2. The van der Waals surface area contributed by atoms with E-state index in [-0.39, 0.29) is 17.7 Å². The van der Waals surface area contributed by atoms with Crippen LogP contribution in [0.1, 0.15) is 70.3 Å². The van der Waals surface area contributed by atoms with Gasteiger partial charge in [0.25, 0.3) is 5.91 Å². The second-order valence-corrected chi connectivity index (χ2v) is 17.7. The number of benzene rings is 2. The largest absolute Gasteiger partial charge is 0.373 e. The molecule has 1 fully saturated rings. The number of aromatic nitrogens is 1. The van der Waals surface area contributed by atoms with Crippen LogP contribution in [0.3, 0.4) is 0 Å². The summed E-state index contributed by atoms with van der Waals surface area (Å²) in [4.78, 5) is 28.4. The van der Waals surface area contributed by atoms with Crippen LogP contribution in [0.5, 0.6) is 0 Å². The summed E-state index contributed by atoms with van der Waals surface area (Å²) in [5.74, 6) is -0.0407. The highest BCUT2D eigenvalue weighted by molar-refractivity contribution is 6.82. The van der Waals surface area contributed by atoms with Crippen molar-refractivity contribution < 1.29 is 9.59 Å². The summed E-state index contributed by atoms with van der Waals surface area (Å²) in [6.07, 6.45) is 9.43. The van der Waals surface area contributed by atoms with E-state index in [9.17, 15) is 9.59 Å². The van der Waals surface area contributed by atoms with Crippen molar-refractivity contribution in [2.75, 3.05) is 11.9 Å². The molecule has 1 saturated heterocycles. The zero-order chi connectivity index (χ0) is 27.9. The SMILES string of the molecule is CC(C)[Si](C(C)C)(C(C)C)n1cc(/C=C/C(=O)/C=C2\Nc3ccccc3C(=O)N3CCC[C@@H]23)c2ccccc21. The van der Waals surface area contributed by atoms with Gasteiger partial charge in [-0.2, -0.15) is 0 Å². The Labute approximate surface area is 233 Å². The fourth-order valence-corrected chi connectivity index (χ4v) is 14.1. The molecule has 1 aromatic heterocycles. The molecule has 2 aliphatic rings. The van der Waals surface area contributed by atoms with E-state index in [1.54, 1.807) is 12.2 Å². The number of nitrogens with zero attached hydrogens (tertiary/aromatic N) is 2. The predicted octanol–water partition coefficient (Wildman–Crippen LogP) is 7.86. The van der Waals surface area contributed by atoms with Gasteiger partial charge >= 0.3 is 0 Å². The maximum atomic E-state index is 13.3. The van der Waals surface area contributed by atoms with Gasteiger partial charge in [-0.05, 0) is 65.4 Å². The Bertz CT molecular complexity index is 1440. The molecule has 0 saturated carbocycles. The molecular formula is C33H41N3O2Si. The third-order valence-corrected chi connectivity index (χ3v) is 15.7. The molecule has 3 aromatic rings. The molecule has 2 aromatic carbocycles. The number of hydrogen-bond donors (Lipinski definition) is 1. The van der Waals surface area contributed by atoms with E-state index in [4.69, 9.17) is 0 Å². The third kappa shape index (κ3) is 4.59. The van der Waals surface area contributed by atoms with Gasteiger partial charge in [0, 0.05) is 35.4 Å². The molecule has 1 N–H and O–H groups in total. The van der Waals surface area contributed by atoms with Crippen molar-refractivity contribution in [3.8, 4) is 0 Å². The molecule has 204 valence electrons. The minimum absolute atomic E-state index is 0.0351. The molecule has 0 spiro atoms. The minimum atomic E-state index is -1.96. The van der Waals surface area contributed by atoms with Gasteiger partial charge in [0.1, 0.15) is 0 Å². The normalized spacial score (nSPS) is 18.9. The van der Waals surface area contributed by atoms with Crippen LogP contribution >= 0.6 is 0 Å². The van der Waals surface area contributed by atoms with Crippen LogP contribution in [0, 0.1) is 0 Å². The monoisotopic (exact) mass is 539 g/mol. The Morgan fingerprint density at radius 3 is 2.36 bits per heavy atom. The summed E-state index contributed by atoms with van der Waals surface area (Å²) in [6, 6.07) is 16.1. The zero-order valence-corrected chi connectivity index (χ0v) is 25.1. The molecule has 0 aliphatic carbocycles. The average molecular weight is 540 g/mol. The fourth-order valence-electron chi connectivity index (χ4n) is 7.50. The zero-order valence-electron chi connectivity index (χ0n) is 24.1. The van der Waals surface area contributed by atoms with Crippen molar-refractivity contribution in [2.45, 2.75) is 77.0 Å². The van der Waals surface area contributed by atoms with E-state index in [0.29, 0.717) is 28.7 Å². The Hall–Kier alpha value is -3.38. The van der Waals surface area contributed by atoms with E-state index in [1.807, 2.05) is 35.2 Å². The molecule has 3 heterocycles. The first-order valence-electron chi connectivity index (χ1n) is 14.4. The van der Waals surface area contributed by atoms with E-state index in [0.717, 1.165) is 29.8 Å². The standard InChI is InChI=1S/C33H41N3O2Si/c1-22(2)39(23(3)4,24(5)6)36-21-25(27-12-8-10-15-31(27)36)17-18-26(37)20-30-32-16-11-19-35(32)33(38)28-13-7-9-14-29(28)34-30/h7-10,12-15,17-18,20-24,32,34H,11,16,19H2,1-6H3/b18-17+,30-20-/t32-/m0/s1. The molecule has 6 heteroatoms. The van der Waals surface area contributed by atoms with Crippen LogP contribution in [-0.2, 0) is 4.79 Å². The number of allylic oxidation sites excluding steroid dienone is 2. The smallest absolute Gasteiger partial charge is 0.256 e. The van der Waals surface area contributed by atoms with E-state index in [1.165, 1.54) is 10.9 Å². The van der Waals surface area contributed by atoms with Gasteiger partial charge in [-0.3, -0.25) is 9.59 Å². The molecule has 0 radical (unpaired) electrons. The summed E-state index contributed by atoms with van der Waals surface area (Å²) in [7, 11) is -1.96. The molecule has 5 nitrogen and oxygen atoms in total. The maximum absolute atomic E-state index is 13.3. The van der Waals surface area contributed by atoms with Crippen molar-refractivity contribution in [1.29, 1.82) is 0 Å². The number of anilines is 1. The Morgan fingerprint density at radius 1 is 0.974 bits per heavy atom. The summed E-state index contributed by atoms with van der Waals surface area (Å²) < 4.78 is 2.61. The number of ketones is 1. The average Bonchev–Trinajstić information content (AvgIpc) is 3.50. The number of fused-ring (bicyclic) bond motifs is 3. The topological polar surface area (TPSA) is 54.3 Å². The van der Waals surface area contributed by atoms with Gasteiger partial charge in [0.05, 0.1) is 17.3 Å².